The van der Waals surface area contributed by atoms with E-state index in [4.69, 9.17) is 0 Å². The number of rotatable bonds is 3. The zero-order valence-corrected chi connectivity index (χ0v) is 10.1. The minimum Gasteiger partial charge on any atom is -0.255 e. The van der Waals surface area contributed by atoms with Crippen LogP contribution in [0, 0.1) is 0 Å². The lowest BCUT2D eigenvalue weighted by Crippen LogP contribution is -2.07. The number of halogens is 1. The van der Waals surface area contributed by atoms with Gasteiger partial charge in [0.25, 0.3) is 0 Å². The van der Waals surface area contributed by atoms with Gasteiger partial charge in [-0.05, 0) is 6.92 Å². The van der Waals surface area contributed by atoms with Gasteiger partial charge in [0.2, 0.25) is 0 Å². The second-order valence-electron chi connectivity index (χ2n) is 3.32. The van der Waals surface area contributed by atoms with Crippen molar-refractivity contribution in [3.05, 3.63) is 23.8 Å². The van der Waals surface area contributed by atoms with Gasteiger partial charge in [-0.2, -0.15) is 0 Å². The maximum Gasteiger partial charge on any atom is 0.104 e. The molecule has 1 unspecified atom stereocenters. The third kappa shape index (κ3) is 2.23. The summed E-state index contributed by atoms with van der Waals surface area (Å²) >= 11 is 3.49. The van der Waals surface area contributed by atoms with Crippen LogP contribution in [0.2, 0.25) is 0 Å². The summed E-state index contributed by atoms with van der Waals surface area (Å²) in [6.07, 6.45) is 3.61. The number of alkyl halides is 1. The molecule has 0 radical (unpaired) electrons. The summed E-state index contributed by atoms with van der Waals surface area (Å²) in [5, 5.41) is 15.7. The molecule has 0 bridgehead atoms. The van der Waals surface area contributed by atoms with E-state index in [0.29, 0.717) is 6.54 Å². The SMILES string of the molecule is CC(Br)c1cnnn1Cc1cn(C)nn1. The maximum absolute atomic E-state index is 4.00. The predicted molar refractivity (Wildman–Crippen MR) is 57.5 cm³/mol. The van der Waals surface area contributed by atoms with Crippen LogP contribution in [0.3, 0.4) is 0 Å². The van der Waals surface area contributed by atoms with Crippen LogP contribution < -0.4 is 0 Å². The zero-order chi connectivity index (χ0) is 10.8. The molecule has 6 nitrogen and oxygen atoms in total. The molecule has 2 aromatic heterocycles. The second-order valence-corrected chi connectivity index (χ2v) is 4.69. The highest BCUT2D eigenvalue weighted by Crippen LogP contribution is 2.20. The molecule has 0 amide bonds. The average Bonchev–Trinajstić information content (AvgIpc) is 2.75. The first-order valence-corrected chi connectivity index (χ1v) is 5.46. The van der Waals surface area contributed by atoms with Gasteiger partial charge in [0.05, 0.1) is 23.3 Å². The molecule has 0 N–H and O–H groups in total. The number of hydrogen-bond donors (Lipinski definition) is 0. The summed E-state index contributed by atoms with van der Waals surface area (Å²) in [5.74, 6) is 0. The Morgan fingerprint density at radius 1 is 1.47 bits per heavy atom. The Bertz CT molecular complexity index is 445. The lowest BCUT2D eigenvalue weighted by molar-refractivity contribution is 0.610. The molecule has 0 aromatic carbocycles. The third-order valence-electron chi connectivity index (χ3n) is 2.02. The van der Waals surface area contributed by atoms with Gasteiger partial charge in [-0.15, -0.1) is 10.2 Å². The minimum atomic E-state index is 0.226. The lowest BCUT2D eigenvalue weighted by atomic mass is 10.3. The van der Waals surface area contributed by atoms with Crippen LogP contribution in [0.4, 0.5) is 0 Å². The topological polar surface area (TPSA) is 61.4 Å². The summed E-state index contributed by atoms with van der Waals surface area (Å²) < 4.78 is 3.48. The fraction of sp³-hybridized carbons (Fsp3) is 0.500. The Balaban J connectivity index is 2.20. The molecule has 0 saturated heterocycles. The molecule has 2 heterocycles. The van der Waals surface area contributed by atoms with Crippen LogP contribution >= 0.6 is 15.9 Å². The van der Waals surface area contributed by atoms with Gasteiger partial charge in [-0.1, -0.05) is 26.4 Å². The molecule has 0 spiro atoms. The lowest BCUT2D eigenvalue weighted by Gasteiger charge is -2.04. The van der Waals surface area contributed by atoms with Gasteiger partial charge in [0.1, 0.15) is 5.69 Å². The molecule has 0 aliphatic heterocycles. The predicted octanol–water partition coefficient (Wildman–Crippen LogP) is 0.911. The molecule has 2 rings (SSSR count). The van der Waals surface area contributed by atoms with Gasteiger partial charge < -0.3 is 0 Å². The summed E-state index contributed by atoms with van der Waals surface area (Å²) in [4.78, 5) is 0.226. The first-order valence-electron chi connectivity index (χ1n) is 4.54. The summed E-state index contributed by atoms with van der Waals surface area (Å²) in [6.45, 7) is 2.63. The van der Waals surface area contributed by atoms with E-state index in [9.17, 15) is 0 Å². The smallest absolute Gasteiger partial charge is 0.104 e. The van der Waals surface area contributed by atoms with Gasteiger partial charge >= 0.3 is 0 Å². The zero-order valence-electron chi connectivity index (χ0n) is 8.50. The fourth-order valence-corrected chi connectivity index (χ4v) is 1.67. The largest absolute Gasteiger partial charge is 0.255 e. The number of aromatic nitrogens is 6. The first kappa shape index (κ1) is 10.3. The van der Waals surface area contributed by atoms with Crippen molar-refractivity contribution in [2.45, 2.75) is 18.3 Å². The van der Waals surface area contributed by atoms with Crippen molar-refractivity contribution < 1.29 is 0 Å². The van der Waals surface area contributed by atoms with Gasteiger partial charge in [-0.3, -0.25) is 4.68 Å². The van der Waals surface area contributed by atoms with Crippen molar-refractivity contribution in [3.8, 4) is 0 Å². The van der Waals surface area contributed by atoms with Crippen molar-refractivity contribution in [2.24, 2.45) is 7.05 Å². The molecule has 0 aliphatic rings. The van der Waals surface area contributed by atoms with Crippen LogP contribution in [0.25, 0.3) is 0 Å². The first-order chi connectivity index (χ1) is 7.16. The Morgan fingerprint density at radius 3 is 2.87 bits per heavy atom. The maximum atomic E-state index is 4.00. The van der Waals surface area contributed by atoms with E-state index in [1.165, 1.54) is 0 Å². The molecule has 7 heteroatoms. The number of aryl methyl sites for hydroxylation is 1. The van der Waals surface area contributed by atoms with E-state index in [1.807, 2.05) is 24.9 Å². The molecular formula is C8H11BrN6. The molecule has 0 aliphatic carbocycles. The molecule has 0 fully saturated rings. The van der Waals surface area contributed by atoms with Crippen molar-refractivity contribution in [1.29, 1.82) is 0 Å². The third-order valence-corrected chi connectivity index (χ3v) is 2.49. The Morgan fingerprint density at radius 2 is 2.27 bits per heavy atom. The summed E-state index contributed by atoms with van der Waals surface area (Å²) in [6, 6.07) is 0. The van der Waals surface area contributed by atoms with Crippen LogP contribution in [0.5, 0.6) is 0 Å². The fourth-order valence-electron chi connectivity index (χ4n) is 1.32. The molecule has 80 valence electrons. The Kier molecular flexibility index (Phi) is 2.81. The Hall–Kier alpha value is -1.24. The van der Waals surface area contributed by atoms with Gasteiger partial charge in [-0.25, -0.2) is 4.68 Å². The van der Waals surface area contributed by atoms with E-state index in [1.54, 1.807) is 10.9 Å². The molecule has 15 heavy (non-hydrogen) atoms. The van der Waals surface area contributed by atoms with Crippen LogP contribution in [-0.4, -0.2) is 30.0 Å². The second kappa shape index (κ2) is 4.09. The quantitative estimate of drug-likeness (QED) is 0.778. The van der Waals surface area contributed by atoms with Crippen molar-refractivity contribution in [2.75, 3.05) is 0 Å². The van der Waals surface area contributed by atoms with Gasteiger partial charge in [0, 0.05) is 13.2 Å². The van der Waals surface area contributed by atoms with Crippen molar-refractivity contribution >= 4 is 15.9 Å². The van der Waals surface area contributed by atoms with Crippen LogP contribution in [0.1, 0.15) is 23.1 Å². The molecular weight excluding hydrogens is 260 g/mol. The monoisotopic (exact) mass is 270 g/mol. The minimum absolute atomic E-state index is 0.226. The molecule has 2 aromatic rings. The normalized spacial score (nSPS) is 13.0. The summed E-state index contributed by atoms with van der Waals surface area (Å²) in [5.41, 5.74) is 1.90. The number of nitrogens with zero attached hydrogens (tertiary/aromatic N) is 6. The van der Waals surface area contributed by atoms with E-state index < -0.39 is 0 Å². The van der Waals surface area contributed by atoms with E-state index in [0.717, 1.165) is 11.4 Å². The highest BCUT2D eigenvalue weighted by molar-refractivity contribution is 9.09. The standard InChI is InChI=1S/C8H11BrN6/c1-6(9)8-3-10-12-15(8)5-7-4-14(2)13-11-7/h3-4,6H,5H2,1-2H3. The van der Waals surface area contributed by atoms with Crippen LogP contribution in [-0.2, 0) is 13.6 Å². The van der Waals surface area contributed by atoms with Gasteiger partial charge in [0.15, 0.2) is 0 Å². The number of hydrogen-bond acceptors (Lipinski definition) is 4. The highest BCUT2D eigenvalue weighted by atomic mass is 79.9. The van der Waals surface area contributed by atoms with Crippen molar-refractivity contribution in [1.82, 2.24) is 30.0 Å². The van der Waals surface area contributed by atoms with E-state index in [-0.39, 0.29) is 4.83 Å². The Labute approximate surface area is 95.4 Å². The highest BCUT2D eigenvalue weighted by Gasteiger charge is 2.10. The van der Waals surface area contributed by atoms with Crippen molar-refractivity contribution in [3.63, 3.8) is 0 Å². The van der Waals surface area contributed by atoms with E-state index >= 15 is 0 Å². The molecule has 0 saturated carbocycles. The molecule has 1 atom stereocenters. The van der Waals surface area contributed by atoms with E-state index in [2.05, 4.69) is 36.6 Å². The average molecular weight is 271 g/mol. The van der Waals surface area contributed by atoms with Crippen LogP contribution in [0.15, 0.2) is 12.4 Å². The summed E-state index contributed by atoms with van der Waals surface area (Å²) in [7, 11) is 1.84.